The number of benzene rings is 1. The van der Waals surface area contributed by atoms with Crippen molar-refractivity contribution in [3.63, 3.8) is 0 Å². The lowest BCUT2D eigenvalue weighted by Gasteiger charge is -2.20. The number of rotatable bonds is 7. The average molecular weight is 500 g/mol. The fourth-order valence-corrected chi connectivity index (χ4v) is 3.54. The summed E-state index contributed by atoms with van der Waals surface area (Å²) in [7, 11) is 0. The Hall–Kier alpha value is -3.47. The molecule has 194 valence electrons. The number of aliphatic hydroxyl groups is 2. The van der Waals surface area contributed by atoms with E-state index in [0.717, 1.165) is 5.82 Å². The number of aromatic amines is 1. The lowest BCUT2D eigenvalue weighted by Crippen LogP contribution is -2.32. The first-order valence-electron chi connectivity index (χ1n) is 11.9. The van der Waals surface area contributed by atoms with Gasteiger partial charge in [-0.1, -0.05) is 25.2 Å². The molecule has 10 nitrogen and oxygen atoms in total. The number of carbonyl (C=O) groups excluding carboxylic acids is 2. The molecule has 0 amide bonds. The van der Waals surface area contributed by atoms with Gasteiger partial charge >= 0.3 is 5.97 Å². The molecule has 0 bridgehead atoms. The van der Waals surface area contributed by atoms with Gasteiger partial charge in [-0.15, -0.1) is 0 Å². The molecule has 36 heavy (non-hydrogen) atoms. The topological polar surface area (TPSA) is 154 Å². The molecule has 2 aromatic rings. The molecule has 3 rings (SSSR count). The van der Waals surface area contributed by atoms with Crippen LogP contribution in [0.5, 0.6) is 11.5 Å². The van der Waals surface area contributed by atoms with Crippen LogP contribution in [0, 0.1) is 5.92 Å². The first kappa shape index (κ1) is 27.1. The highest BCUT2D eigenvalue weighted by Gasteiger charge is 2.25. The van der Waals surface area contributed by atoms with E-state index in [4.69, 9.17) is 9.47 Å². The van der Waals surface area contributed by atoms with Gasteiger partial charge in [-0.2, -0.15) is 0 Å². The van der Waals surface area contributed by atoms with E-state index in [2.05, 4.69) is 15.3 Å². The Morgan fingerprint density at radius 1 is 1.22 bits per heavy atom. The number of nitrogens with one attached hydrogen (secondary N) is 2. The molecule has 10 heteroatoms. The molecule has 5 N–H and O–H groups in total. The molecule has 0 aliphatic carbocycles. The summed E-state index contributed by atoms with van der Waals surface area (Å²) < 4.78 is 11.3. The molecule has 1 aromatic heterocycles. The standard InChI is InChI=1S/C26H33N3O7/c1-16-7-8-21(31)25(33)20(30)6-3-5-18-13-19(14-22(32)24(18)26(34)36-17(16)2)35-12-4-9-27-15-23-28-10-11-29-23/h3,5,7-8,10-11,13-14,16-17,20,25,27,30,32-33H,4,6,9,12,15H2,1-2H3,(H,28,29)/b5-3+,8-7-/t16-,17+,20?,25?/m1/s1. The Morgan fingerprint density at radius 2 is 2.03 bits per heavy atom. The Labute approximate surface area is 209 Å². The number of aliphatic hydroxyl groups excluding tert-OH is 2. The van der Waals surface area contributed by atoms with Gasteiger partial charge < -0.3 is 35.1 Å². The summed E-state index contributed by atoms with van der Waals surface area (Å²) >= 11 is 0. The Morgan fingerprint density at radius 3 is 2.78 bits per heavy atom. The molecular formula is C26H33N3O7. The molecule has 1 aromatic carbocycles. The fraction of sp³-hybridized carbons (Fsp3) is 0.423. The van der Waals surface area contributed by atoms with Crippen LogP contribution in [0.25, 0.3) is 6.08 Å². The zero-order valence-electron chi connectivity index (χ0n) is 20.4. The Bertz CT molecular complexity index is 1080. The first-order valence-corrected chi connectivity index (χ1v) is 11.9. The number of hydrogen-bond donors (Lipinski definition) is 5. The van der Waals surface area contributed by atoms with Gasteiger partial charge in [0.25, 0.3) is 0 Å². The van der Waals surface area contributed by atoms with Crippen LogP contribution in [-0.2, 0) is 16.1 Å². The maximum absolute atomic E-state index is 12.9. The quantitative estimate of drug-likeness (QED) is 0.285. The lowest BCUT2D eigenvalue weighted by atomic mass is 9.99. The van der Waals surface area contributed by atoms with E-state index in [1.54, 1.807) is 32.3 Å². The highest BCUT2D eigenvalue weighted by atomic mass is 16.5. The van der Waals surface area contributed by atoms with Crippen molar-refractivity contribution in [2.45, 2.75) is 51.5 Å². The predicted molar refractivity (Wildman–Crippen MR) is 132 cm³/mol. The van der Waals surface area contributed by atoms with Crippen molar-refractivity contribution < 1.29 is 34.4 Å². The largest absolute Gasteiger partial charge is 0.507 e. The second-order valence-corrected chi connectivity index (χ2v) is 8.70. The number of nitrogens with zero attached hydrogens (tertiary/aromatic N) is 1. The number of esters is 1. The summed E-state index contributed by atoms with van der Waals surface area (Å²) in [6, 6.07) is 2.95. The zero-order valence-corrected chi connectivity index (χ0v) is 20.4. The van der Waals surface area contributed by atoms with E-state index in [9.17, 15) is 24.9 Å². The van der Waals surface area contributed by atoms with E-state index in [1.165, 1.54) is 30.4 Å². The van der Waals surface area contributed by atoms with E-state index in [1.807, 2.05) is 0 Å². The van der Waals surface area contributed by atoms with Crippen molar-refractivity contribution in [2.24, 2.45) is 5.92 Å². The van der Waals surface area contributed by atoms with Crippen LogP contribution in [0.2, 0.25) is 0 Å². The maximum atomic E-state index is 12.9. The summed E-state index contributed by atoms with van der Waals surface area (Å²) in [5, 5.41) is 34.2. The van der Waals surface area contributed by atoms with Gasteiger partial charge in [-0.3, -0.25) is 4.79 Å². The third kappa shape index (κ3) is 7.51. The molecule has 0 fully saturated rings. The lowest BCUT2D eigenvalue weighted by molar-refractivity contribution is -0.127. The Kier molecular flexibility index (Phi) is 9.80. The number of fused-ring (bicyclic) bond motifs is 1. The number of aromatic hydroxyl groups is 1. The molecular weight excluding hydrogens is 466 g/mol. The molecule has 0 saturated carbocycles. The van der Waals surface area contributed by atoms with Gasteiger partial charge in [0, 0.05) is 24.4 Å². The first-order chi connectivity index (χ1) is 17.3. The van der Waals surface area contributed by atoms with Crippen LogP contribution < -0.4 is 10.1 Å². The smallest absolute Gasteiger partial charge is 0.342 e. The second-order valence-electron chi connectivity index (χ2n) is 8.70. The Balaban J connectivity index is 1.73. The molecule has 0 radical (unpaired) electrons. The van der Waals surface area contributed by atoms with Crippen LogP contribution in [0.4, 0.5) is 0 Å². The van der Waals surface area contributed by atoms with Crippen LogP contribution in [-0.4, -0.2) is 68.5 Å². The van der Waals surface area contributed by atoms with E-state index in [-0.39, 0.29) is 23.7 Å². The van der Waals surface area contributed by atoms with Crippen LogP contribution >= 0.6 is 0 Å². The third-order valence-corrected chi connectivity index (χ3v) is 5.87. The minimum absolute atomic E-state index is 0.0371. The van der Waals surface area contributed by atoms with Crippen molar-refractivity contribution in [3.8, 4) is 11.5 Å². The minimum atomic E-state index is -1.58. The van der Waals surface area contributed by atoms with Gasteiger partial charge in [0.05, 0.1) is 19.3 Å². The summed E-state index contributed by atoms with van der Waals surface area (Å²) in [6.07, 6.45) is 6.29. The molecule has 0 saturated heterocycles. The summed E-state index contributed by atoms with van der Waals surface area (Å²) in [5.74, 6) is -0.812. The second kappa shape index (κ2) is 13.0. The number of H-pyrrole nitrogens is 1. The molecule has 2 heterocycles. The molecule has 2 unspecified atom stereocenters. The van der Waals surface area contributed by atoms with E-state index in [0.29, 0.717) is 37.4 Å². The molecule has 4 atom stereocenters. The van der Waals surface area contributed by atoms with Crippen molar-refractivity contribution in [1.82, 2.24) is 15.3 Å². The summed E-state index contributed by atoms with van der Waals surface area (Å²) in [6.45, 7) is 5.08. The maximum Gasteiger partial charge on any atom is 0.342 e. The van der Waals surface area contributed by atoms with Crippen LogP contribution in [0.3, 0.4) is 0 Å². The monoisotopic (exact) mass is 499 g/mol. The summed E-state index contributed by atoms with van der Waals surface area (Å²) in [5.41, 5.74) is 0.288. The number of phenolic OH excluding ortho intramolecular Hbond substituents is 1. The van der Waals surface area contributed by atoms with Gasteiger partial charge in [0.1, 0.15) is 35.1 Å². The van der Waals surface area contributed by atoms with E-state index < -0.39 is 30.1 Å². The molecule has 1 aliphatic rings. The highest BCUT2D eigenvalue weighted by molar-refractivity contribution is 5.97. The predicted octanol–water partition coefficient (Wildman–Crippen LogP) is 2.12. The zero-order chi connectivity index (χ0) is 26.1. The average Bonchev–Trinajstić information content (AvgIpc) is 3.36. The van der Waals surface area contributed by atoms with Crippen LogP contribution in [0.1, 0.15) is 48.4 Å². The fourth-order valence-electron chi connectivity index (χ4n) is 3.54. The van der Waals surface area contributed by atoms with Crippen molar-refractivity contribution in [3.05, 3.63) is 59.7 Å². The number of aromatic nitrogens is 2. The van der Waals surface area contributed by atoms with Gasteiger partial charge in [-0.25, -0.2) is 9.78 Å². The number of ketones is 1. The summed E-state index contributed by atoms with van der Waals surface area (Å²) in [4.78, 5) is 32.2. The van der Waals surface area contributed by atoms with Crippen LogP contribution in [0.15, 0.2) is 42.8 Å². The number of ether oxygens (including phenoxy) is 2. The van der Waals surface area contributed by atoms with Crippen molar-refractivity contribution in [1.29, 1.82) is 0 Å². The normalized spacial score (nSPS) is 24.9. The van der Waals surface area contributed by atoms with Gasteiger partial charge in [-0.05, 0) is 44.0 Å². The van der Waals surface area contributed by atoms with Gasteiger partial charge in [0.15, 0.2) is 5.78 Å². The number of carbonyl (C=O) groups is 2. The molecule has 1 aliphatic heterocycles. The number of phenols is 1. The van der Waals surface area contributed by atoms with Crippen molar-refractivity contribution in [2.75, 3.05) is 13.2 Å². The number of imidazole rings is 1. The number of cyclic esters (lactones) is 1. The third-order valence-electron chi connectivity index (χ3n) is 5.87. The highest BCUT2D eigenvalue weighted by Crippen LogP contribution is 2.31. The van der Waals surface area contributed by atoms with Crippen molar-refractivity contribution >= 4 is 17.8 Å². The molecule has 0 spiro atoms. The SMILES string of the molecule is C[C@@H]1/C=C\C(=O)C(O)C(O)C/C=C/c2cc(OCCCNCc3ncc[nH]3)cc(O)c2C(=O)O[C@H]1C. The van der Waals surface area contributed by atoms with Gasteiger partial charge in [0.2, 0.25) is 0 Å². The minimum Gasteiger partial charge on any atom is -0.507 e. The number of hydrogen-bond acceptors (Lipinski definition) is 9. The van der Waals surface area contributed by atoms with E-state index >= 15 is 0 Å².